The molecule has 11 heteroatoms. The molecule has 0 saturated carbocycles. The molecule has 0 amide bonds. The van der Waals surface area contributed by atoms with E-state index in [9.17, 15) is 8.78 Å². The van der Waals surface area contributed by atoms with Crippen LogP contribution in [0.5, 0.6) is 5.75 Å². The summed E-state index contributed by atoms with van der Waals surface area (Å²) in [6.07, 6.45) is 0.952. The number of alkyl halides is 2. The highest BCUT2D eigenvalue weighted by atomic mass is 127. The molecular weight excluding hydrogens is 540 g/mol. The van der Waals surface area contributed by atoms with Gasteiger partial charge in [-0.15, -0.1) is 24.0 Å². The Morgan fingerprint density at radius 1 is 1.28 bits per heavy atom. The van der Waals surface area contributed by atoms with Crippen LogP contribution in [0.2, 0.25) is 10.0 Å². The molecule has 6 nitrogen and oxygen atoms in total. The average molecular weight is 567 g/mol. The van der Waals surface area contributed by atoms with Gasteiger partial charge in [0, 0.05) is 36.8 Å². The summed E-state index contributed by atoms with van der Waals surface area (Å²) in [5.41, 5.74) is 0.392. The summed E-state index contributed by atoms with van der Waals surface area (Å²) < 4.78 is 35.2. The Hall–Kier alpha value is -0.620. The third kappa shape index (κ3) is 9.82. The minimum Gasteiger partial charge on any atom is -0.433 e. The van der Waals surface area contributed by atoms with E-state index < -0.39 is 6.61 Å². The lowest BCUT2D eigenvalue weighted by molar-refractivity contribution is -0.0503. The monoisotopic (exact) mass is 566 g/mol. The number of rotatable bonds is 9. The minimum absolute atomic E-state index is 0. The maximum absolute atomic E-state index is 12.7. The number of morpholine rings is 1. The summed E-state index contributed by atoms with van der Waals surface area (Å²) in [6.45, 7) is 4.93. The minimum atomic E-state index is -2.98. The number of nitrogens with one attached hydrogen (secondary N) is 2. The van der Waals surface area contributed by atoms with Crippen molar-refractivity contribution in [1.82, 2.24) is 15.5 Å². The van der Waals surface area contributed by atoms with Crippen molar-refractivity contribution in [2.75, 3.05) is 45.9 Å². The predicted molar refractivity (Wildman–Crippen MR) is 123 cm³/mol. The molecule has 0 aromatic heterocycles. The zero-order valence-corrected chi connectivity index (χ0v) is 20.1. The number of guanidine groups is 1. The lowest BCUT2D eigenvalue weighted by atomic mass is 10.2. The first-order chi connectivity index (χ1) is 13.5. The molecule has 1 fully saturated rings. The Morgan fingerprint density at radius 2 is 2.00 bits per heavy atom. The maximum Gasteiger partial charge on any atom is 0.387 e. The molecule has 0 unspecified atom stereocenters. The van der Waals surface area contributed by atoms with Gasteiger partial charge in [0.2, 0.25) is 0 Å². The van der Waals surface area contributed by atoms with Crippen molar-refractivity contribution < 1.29 is 18.3 Å². The second-order valence-electron chi connectivity index (χ2n) is 6.18. The van der Waals surface area contributed by atoms with Crippen LogP contribution in [0.4, 0.5) is 8.78 Å². The van der Waals surface area contributed by atoms with Crippen LogP contribution in [-0.2, 0) is 11.3 Å². The van der Waals surface area contributed by atoms with Crippen LogP contribution < -0.4 is 15.4 Å². The van der Waals surface area contributed by atoms with Gasteiger partial charge in [-0.3, -0.25) is 4.90 Å². The molecule has 1 saturated heterocycles. The van der Waals surface area contributed by atoms with Crippen molar-refractivity contribution in [2.45, 2.75) is 26.5 Å². The van der Waals surface area contributed by atoms with Gasteiger partial charge < -0.3 is 20.1 Å². The third-order valence-electron chi connectivity index (χ3n) is 4.09. The highest BCUT2D eigenvalue weighted by Crippen LogP contribution is 2.34. The van der Waals surface area contributed by atoms with Gasteiger partial charge in [0.15, 0.2) is 5.96 Å². The van der Waals surface area contributed by atoms with Crippen LogP contribution in [0.25, 0.3) is 0 Å². The lowest BCUT2D eigenvalue weighted by Crippen LogP contribution is -2.40. The van der Waals surface area contributed by atoms with Gasteiger partial charge in [-0.1, -0.05) is 23.2 Å². The number of hydrogen-bond donors (Lipinski definition) is 2. The van der Waals surface area contributed by atoms with Crippen molar-refractivity contribution in [3.8, 4) is 5.75 Å². The van der Waals surface area contributed by atoms with Crippen molar-refractivity contribution in [2.24, 2.45) is 4.99 Å². The fourth-order valence-corrected chi connectivity index (χ4v) is 3.37. The van der Waals surface area contributed by atoms with E-state index >= 15 is 0 Å². The highest BCUT2D eigenvalue weighted by Gasteiger charge is 2.15. The molecular formula is C18H27Cl2F2IN4O2. The van der Waals surface area contributed by atoms with Crippen molar-refractivity contribution >= 4 is 53.1 Å². The van der Waals surface area contributed by atoms with Gasteiger partial charge in [0.05, 0.1) is 24.8 Å². The first-order valence-corrected chi connectivity index (χ1v) is 10.00. The van der Waals surface area contributed by atoms with Crippen LogP contribution in [0.1, 0.15) is 18.9 Å². The number of ether oxygens (including phenoxy) is 2. The topological polar surface area (TPSA) is 58.1 Å². The molecule has 166 valence electrons. The predicted octanol–water partition coefficient (Wildman–Crippen LogP) is 3.99. The molecule has 0 atom stereocenters. The van der Waals surface area contributed by atoms with Gasteiger partial charge in [-0.2, -0.15) is 8.78 Å². The SMILES string of the molecule is CCNC(=NCc1cc(Cl)cc(Cl)c1OC(F)F)NCCCN1CCOCC1.I. The standard InChI is InChI=1S/C18H26Cl2F2N4O2.HI/c1-2-23-18(24-4-3-5-26-6-8-27-9-7-26)25-12-13-10-14(19)11-15(20)16(13)28-17(21)22;/h10-11,17H,2-9,12H2,1H3,(H2,23,24,25);1H. The average Bonchev–Trinajstić information content (AvgIpc) is 2.66. The molecule has 0 bridgehead atoms. The summed E-state index contributed by atoms with van der Waals surface area (Å²) in [4.78, 5) is 6.80. The van der Waals surface area contributed by atoms with E-state index in [0.717, 1.165) is 45.8 Å². The molecule has 1 heterocycles. The van der Waals surface area contributed by atoms with Gasteiger partial charge in [-0.05, 0) is 32.0 Å². The Labute approximate surface area is 197 Å². The van der Waals surface area contributed by atoms with Crippen LogP contribution in [0.15, 0.2) is 17.1 Å². The number of aliphatic imine (C=N–C) groups is 1. The second kappa shape index (κ2) is 14.4. The summed E-state index contributed by atoms with van der Waals surface area (Å²) in [6, 6.07) is 2.89. The van der Waals surface area contributed by atoms with Gasteiger partial charge in [0.25, 0.3) is 0 Å². The molecule has 1 aromatic carbocycles. The smallest absolute Gasteiger partial charge is 0.387 e. The normalized spacial score (nSPS) is 15.2. The number of halogens is 5. The van der Waals surface area contributed by atoms with Crippen molar-refractivity contribution in [3.63, 3.8) is 0 Å². The van der Waals surface area contributed by atoms with E-state index in [1.54, 1.807) is 0 Å². The zero-order valence-electron chi connectivity index (χ0n) is 16.2. The molecule has 1 aliphatic rings. The highest BCUT2D eigenvalue weighted by molar-refractivity contribution is 14.0. The number of hydrogen-bond acceptors (Lipinski definition) is 4. The van der Waals surface area contributed by atoms with Gasteiger partial charge in [0.1, 0.15) is 5.75 Å². The number of benzene rings is 1. The van der Waals surface area contributed by atoms with Crippen molar-refractivity contribution in [3.05, 3.63) is 27.7 Å². The molecule has 1 aromatic rings. The Balaban J connectivity index is 0.00000420. The molecule has 2 N–H and O–H groups in total. The van der Waals surface area contributed by atoms with Gasteiger partial charge in [-0.25, -0.2) is 4.99 Å². The summed E-state index contributed by atoms with van der Waals surface area (Å²) in [5, 5.41) is 6.74. The second-order valence-corrected chi connectivity index (χ2v) is 7.03. The lowest BCUT2D eigenvalue weighted by Gasteiger charge is -2.26. The molecule has 29 heavy (non-hydrogen) atoms. The van der Waals surface area contributed by atoms with Crippen LogP contribution >= 0.6 is 47.2 Å². The Morgan fingerprint density at radius 3 is 2.66 bits per heavy atom. The van der Waals surface area contributed by atoms with E-state index in [1.165, 1.54) is 12.1 Å². The maximum atomic E-state index is 12.7. The van der Waals surface area contributed by atoms with E-state index in [4.69, 9.17) is 27.9 Å². The molecule has 0 aliphatic carbocycles. The summed E-state index contributed by atoms with van der Waals surface area (Å²) in [5.74, 6) is 0.483. The van der Waals surface area contributed by atoms with E-state index in [0.29, 0.717) is 23.1 Å². The van der Waals surface area contributed by atoms with E-state index in [2.05, 4.69) is 25.3 Å². The molecule has 1 aliphatic heterocycles. The van der Waals surface area contributed by atoms with E-state index in [-0.39, 0.29) is 41.3 Å². The largest absolute Gasteiger partial charge is 0.433 e. The van der Waals surface area contributed by atoms with Crippen LogP contribution in [0, 0.1) is 0 Å². The number of nitrogens with zero attached hydrogens (tertiary/aromatic N) is 2. The van der Waals surface area contributed by atoms with Gasteiger partial charge >= 0.3 is 6.61 Å². The first-order valence-electron chi connectivity index (χ1n) is 9.24. The Bertz CT molecular complexity index is 651. The Kier molecular flexibility index (Phi) is 13.1. The summed E-state index contributed by atoms with van der Waals surface area (Å²) >= 11 is 12.0. The van der Waals surface area contributed by atoms with Crippen LogP contribution in [0.3, 0.4) is 0 Å². The fraction of sp³-hybridized carbons (Fsp3) is 0.611. The molecule has 0 spiro atoms. The quantitative estimate of drug-likeness (QED) is 0.205. The summed E-state index contributed by atoms with van der Waals surface area (Å²) in [7, 11) is 0. The van der Waals surface area contributed by atoms with Crippen molar-refractivity contribution in [1.29, 1.82) is 0 Å². The van der Waals surface area contributed by atoms with Crippen LogP contribution in [-0.4, -0.2) is 63.4 Å². The fourth-order valence-electron chi connectivity index (χ4n) is 2.79. The molecule has 2 rings (SSSR count). The first kappa shape index (κ1) is 26.4. The zero-order chi connectivity index (χ0) is 20.4. The molecule has 0 radical (unpaired) electrons. The van der Waals surface area contributed by atoms with E-state index in [1.807, 2.05) is 6.92 Å². The third-order valence-corrected chi connectivity index (χ3v) is 4.59.